The number of rotatable bonds is 4. The van der Waals surface area contributed by atoms with Crippen LogP contribution in [0.25, 0.3) is 0 Å². The average Bonchev–Trinajstić information content (AvgIpc) is 2.77. The molecule has 1 fully saturated rings. The molecule has 1 aliphatic heterocycles. The van der Waals surface area contributed by atoms with Gasteiger partial charge in [-0.25, -0.2) is 21.9 Å². The smallest absolute Gasteiger partial charge is 0.251 e. The number of benzene rings is 1. The van der Waals surface area contributed by atoms with Crippen LogP contribution in [-0.2, 0) is 10.0 Å². The summed E-state index contributed by atoms with van der Waals surface area (Å²) in [5.74, 6) is -3.91. The Labute approximate surface area is 135 Å². The molecule has 128 valence electrons. The van der Waals surface area contributed by atoms with Crippen LogP contribution >= 0.6 is 0 Å². The zero-order valence-corrected chi connectivity index (χ0v) is 13.8. The van der Waals surface area contributed by atoms with Gasteiger partial charge in [-0.05, 0) is 25.8 Å². The molecule has 1 aromatic rings. The highest BCUT2D eigenvalue weighted by Gasteiger charge is 2.44. The minimum Gasteiger partial charge on any atom is -0.488 e. The highest BCUT2D eigenvalue weighted by Crippen LogP contribution is 2.40. The average molecular weight is 345 g/mol. The van der Waals surface area contributed by atoms with Crippen LogP contribution in [0.15, 0.2) is 24.3 Å². The van der Waals surface area contributed by atoms with Crippen molar-refractivity contribution in [1.29, 1.82) is 0 Å². The Hall–Kier alpha value is -1.21. The molecule has 0 saturated heterocycles. The summed E-state index contributed by atoms with van der Waals surface area (Å²) in [6.07, 6.45) is 0.772. The number of fused-ring (bicyclic) bond motifs is 1. The Morgan fingerprint density at radius 1 is 1.30 bits per heavy atom. The maximum absolute atomic E-state index is 13.9. The van der Waals surface area contributed by atoms with Gasteiger partial charge in [-0.15, -0.1) is 0 Å². The molecule has 1 heterocycles. The molecule has 1 aliphatic carbocycles. The summed E-state index contributed by atoms with van der Waals surface area (Å²) in [5, 5.41) is 0. The maximum atomic E-state index is 13.9. The highest BCUT2D eigenvalue weighted by molar-refractivity contribution is 7.89. The maximum Gasteiger partial charge on any atom is 0.251 e. The lowest BCUT2D eigenvalue weighted by molar-refractivity contribution is -0.0771. The van der Waals surface area contributed by atoms with Gasteiger partial charge in [0, 0.05) is 17.9 Å². The Balaban J connectivity index is 1.74. The summed E-state index contributed by atoms with van der Waals surface area (Å²) in [5.41, 5.74) is 0.749. The van der Waals surface area contributed by atoms with Crippen LogP contribution in [0.3, 0.4) is 0 Å². The standard InChI is InChI=1S/C16H21F2NO3S/c1-11-15(13-7-2-3-8-14(13)22-11)19-23(20,21)10-12-6-4-5-9-16(12,17)18/h2-3,7-8,11-12,15,19H,4-6,9-10H2,1H3. The molecule has 4 nitrogen and oxygen atoms in total. The Bertz CT molecular complexity index is 678. The summed E-state index contributed by atoms with van der Waals surface area (Å²) < 4.78 is 60.8. The van der Waals surface area contributed by atoms with E-state index in [-0.39, 0.29) is 18.9 Å². The first-order valence-corrected chi connectivity index (χ1v) is 9.57. The van der Waals surface area contributed by atoms with E-state index >= 15 is 0 Å². The number of ether oxygens (including phenoxy) is 1. The molecule has 0 radical (unpaired) electrons. The van der Waals surface area contributed by atoms with Crippen LogP contribution in [0.1, 0.15) is 44.2 Å². The quantitative estimate of drug-likeness (QED) is 0.911. The SMILES string of the molecule is CC1Oc2ccccc2C1NS(=O)(=O)CC1CCCCC1(F)F. The molecule has 0 bridgehead atoms. The monoisotopic (exact) mass is 345 g/mol. The lowest BCUT2D eigenvalue weighted by Gasteiger charge is -2.31. The molecule has 3 unspecified atom stereocenters. The van der Waals surface area contributed by atoms with Gasteiger partial charge in [-0.2, -0.15) is 0 Å². The number of para-hydroxylation sites is 1. The van der Waals surface area contributed by atoms with Crippen molar-refractivity contribution in [2.24, 2.45) is 5.92 Å². The van der Waals surface area contributed by atoms with Crippen molar-refractivity contribution in [2.45, 2.75) is 50.7 Å². The van der Waals surface area contributed by atoms with Crippen molar-refractivity contribution in [3.8, 4) is 5.75 Å². The predicted molar refractivity (Wildman–Crippen MR) is 83.1 cm³/mol. The first-order chi connectivity index (χ1) is 10.8. The summed E-state index contributed by atoms with van der Waals surface area (Å²) in [7, 11) is -3.82. The van der Waals surface area contributed by atoms with Gasteiger partial charge in [-0.3, -0.25) is 0 Å². The molecule has 7 heteroatoms. The number of hydrogen-bond acceptors (Lipinski definition) is 3. The molecule has 1 saturated carbocycles. The third kappa shape index (κ3) is 3.50. The van der Waals surface area contributed by atoms with E-state index in [0.717, 1.165) is 5.56 Å². The lowest BCUT2D eigenvalue weighted by Crippen LogP contribution is -2.42. The van der Waals surface area contributed by atoms with Gasteiger partial charge in [0.25, 0.3) is 5.92 Å². The van der Waals surface area contributed by atoms with Crippen molar-refractivity contribution < 1.29 is 21.9 Å². The fourth-order valence-electron chi connectivity index (χ4n) is 3.40. The van der Waals surface area contributed by atoms with E-state index < -0.39 is 33.7 Å². The van der Waals surface area contributed by atoms with Gasteiger partial charge in [-0.1, -0.05) is 24.6 Å². The summed E-state index contributed by atoms with van der Waals surface area (Å²) in [6, 6.07) is 6.65. The second kappa shape index (κ2) is 6.02. The lowest BCUT2D eigenvalue weighted by atomic mass is 9.87. The molecule has 3 rings (SSSR count). The second-order valence-corrected chi connectivity index (χ2v) is 8.24. The van der Waals surface area contributed by atoms with Crippen molar-refractivity contribution in [1.82, 2.24) is 4.72 Å². The summed E-state index contributed by atoms with van der Waals surface area (Å²) >= 11 is 0. The van der Waals surface area contributed by atoms with Gasteiger partial charge in [0.15, 0.2) is 0 Å². The Morgan fingerprint density at radius 2 is 2.04 bits per heavy atom. The third-order valence-corrected chi connectivity index (χ3v) is 6.13. The molecular formula is C16H21F2NO3S. The molecule has 0 spiro atoms. The molecular weight excluding hydrogens is 324 g/mol. The van der Waals surface area contributed by atoms with Crippen molar-refractivity contribution in [2.75, 3.05) is 5.75 Å². The number of hydrogen-bond donors (Lipinski definition) is 1. The topological polar surface area (TPSA) is 55.4 Å². The van der Waals surface area contributed by atoms with E-state index in [1.165, 1.54) is 0 Å². The van der Waals surface area contributed by atoms with Gasteiger partial charge >= 0.3 is 0 Å². The summed E-state index contributed by atoms with van der Waals surface area (Å²) in [6.45, 7) is 1.77. The Morgan fingerprint density at radius 3 is 2.78 bits per heavy atom. The second-order valence-electron chi connectivity index (χ2n) is 6.44. The molecule has 2 aliphatic rings. The molecule has 23 heavy (non-hydrogen) atoms. The normalized spacial score (nSPS) is 29.8. The van der Waals surface area contributed by atoms with Gasteiger partial charge in [0.2, 0.25) is 10.0 Å². The van der Waals surface area contributed by atoms with E-state index in [1.54, 1.807) is 25.1 Å². The van der Waals surface area contributed by atoms with Gasteiger partial charge in [0.1, 0.15) is 11.9 Å². The first-order valence-electron chi connectivity index (χ1n) is 7.92. The van der Waals surface area contributed by atoms with Crippen LogP contribution < -0.4 is 9.46 Å². The third-order valence-electron chi connectivity index (χ3n) is 4.67. The zero-order chi connectivity index (χ0) is 16.7. The number of nitrogens with one attached hydrogen (secondary N) is 1. The van der Waals surface area contributed by atoms with Gasteiger partial charge in [0.05, 0.1) is 11.8 Å². The fourth-order valence-corrected chi connectivity index (χ4v) is 5.15. The van der Waals surface area contributed by atoms with E-state index in [4.69, 9.17) is 4.74 Å². The number of alkyl halides is 2. The fraction of sp³-hybridized carbons (Fsp3) is 0.625. The molecule has 3 atom stereocenters. The van der Waals surface area contributed by atoms with Crippen LogP contribution in [0.4, 0.5) is 8.78 Å². The Kier molecular flexibility index (Phi) is 4.35. The first kappa shape index (κ1) is 16.6. The molecule has 1 N–H and O–H groups in total. The summed E-state index contributed by atoms with van der Waals surface area (Å²) in [4.78, 5) is 0. The predicted octanol–water partition coefficient (Wildman–Crippen LogP) is 3.25. The van der Waals surface area contributed by atoms with E-state index in [0.29, 0.717) is 18.6 Å². The molecule has 0 amide bonds. The number of sulfonamides is 1. The van der Waals surface area contributed by atoms with E-state index in [1.807, 2.05) is 6.07 Å². The minimum atomic E-state index is -3.82. The van der Waals surface area contributed by atoms with E-state index in [2.05, 4.69) is 4.72 Å². The van der Waals surface area contributed by atoms with Crippen molar-refractivity contribution in [3.05, 3.63) is 29.8 Å². The van der Waals surface area contributed by atoms with Crippen LogP contribution in [0, 0.1) is 5.92 Å². The number of halogens is 2. The highest BCUT2D eigenvalue weighted by atomic mass is 32.2. The zero-order valence-electron chi connectivity index (χ0n) is 13.0. The van der Waals surface area contributed by atoms with Crippen molar-refractivity contribution >= 4 is 10.0 Å². The molecule has 1 aromatic carbocycles. The largest absolute Gasteiger partial charge is 0.488 e. The van der Waals surface area contributed by atoms with Crippen LogP contribution in [-0.4, -0.2) is 26.2 Å². The van der Waals surface area contributed by atoms with Crippen LogP contribution in [0.5, 0.6) is 5.75 Å². The van der Waals surface area contributed by atoms with Crippen molar-refractivity contribution in [3.63, 3.8) is 0 Å². The van der Waals surface area contributed by atoms with E-state index in [9.17, 15) is 17.2 Å². The minimum absolute atomic E-state index is 0.223. The van der Waals surface area contributed by atoms with Gasteiger partial charge < -0.3 is 4.74 Å². The molecule has 0 aromatic heterocycles. The van der Waals surface area contributed by atoms with Crippen LogP contribution in [0.2, 0.25) is 0 Å².